The minimum atomic E-state index is -0.150. The Labute approximate surface area is 201 Å². The first-order valence-electron chi connectivity index (χ1n) is 12.1. The van der Waals surface area contributed by atoms with Gasteiger partial charge in [-0.25, -0.2) is 9.97 Å². The molecule has 0 radical (unpaired) electrons. The van der Waals surface area contributed by atoms with E-state index in [2.05, 4.69) is 46.3 Å². The summed E-state index contributed by atoms with van der Waals surface area (Å²) in [6.07, 6.45) is 8.35. The molecule has 182 valence electrons. The summed E-state index contributed by atoms with van der Waals surface area (Å²) in [6.45, 7) is 14.0. The molecule has 3 aromatic heterocycles. The average molecular weight is 465 g/mol. The van der Waals surface area contributed by atoms with Gasteiger partial charge < -0.3 is 19.4 Å². The van der Waals surface area contributed by atoms with E-state index in [1.807, 2.05) is 25.8 Å². The van der Waals surface area contributed by atoms with Crippen molar-refractivity contribution in [3.8, 4) is 0 Å². The van der Waals surface area contributed by atoms with E-state index in [9.17, 15) is 9.59 Å². The number of hydrogen-bond donors (Lipinski definition) is 1. The van der Waals surface area contributed by atoms with Crippen LogP contribution >= 0.6 is 0 Å². The molecule has 1 aliphatic rings. The van der Waals surface area contributed by atoms with Crippen molar-refractivity contribution in [1.82, 2.24) is 24.4 Å². The number of carbonyl (C=O) groups excluding carboxylic acids is 1. The van der Waals surface area contributed by atoms with Gasteiger partial charge in [0, 0.05) is 62.3 Å². The van der Waals surface area contributed by atoms with E-state index in [-0.39, 0.29) is 17.5 Å². The number of allylic oxidation sites excluding steroid dienone is 1. The van der Waals surface area contributed by atoms with Crippen molar-refractivity contribution < 1.29 is 4.79 Å². The number of piperidine rings is 1. The van der Waals surface area contributed by atoms with Crippen LogP contribution in [0, 0.1) is 0 Å². The predicted molar refractivity (Wildman–Crippen MR) is 138 cm³/mol. The maximum Gasteiger partial charge on any atom is 0.275 e. The zero-order valence-corrected chi connectivity index (χ0v) is 20.9. The maximum atomic E-state index is 13.4. The number of anilines is 1. The van der Waals surface area contributed by atoms with Crippen molar-refractivity contribution in [2.75, 3.05) is 25.0 Å². The summed E-state index contributed by atoms with van der Waals surface area (Å²) in [6, 6.07) is 3.98. The summed E-state index contributed by atoms with van der Waals surface area (Å²) in [4.78, 5) is 41.9. The maximum absolute atomic E-state index is 13.4. The van der Waals surface area contributed by atoms with Crippen LogP contribution in [0.2, 0.25) is 0 Å². The van der Waals surface area contributed by atoms with Crippen LogP contribution in [-0.4, -0.2) is 56.5 Å². The molecule has 8 nitrogen and oxygen atoms in total. The molecular formula is C26H36N6O2. The standard InChI is InChI=1S/C24H30N6O2.C2H6/c1-5-10-30-14-19(18-6-9-25-22(18)24(30)32)23(31)28(4)17-7-11-29(12-8-17)21-13-20(16(2)3)26-15-27-21;1-2/h5-6,9,13-17,25H,1,7-8,10-12H2,2-4H3;1-2H3. The van der Waals surface area contributed by atoms with Gasteiger partial charge in [-0.3, -0.25) is 9.59 Å². The molecule has 1 fully saturated rings. The first-order valence-corrected chi connectivity index (χ1v) is 12.1. The normalized spacial score (nSPS) is 14.1. The number of hydrogen-bond acceptors (Lipinski definition) is 5. The molecule has 4 heterocycles. The lowest BCUT2D eigenvalue weighted by atomic mass is 10.0. The molecule has 34 heavy (non-hydrogen) atoms. The van der Waals surface area contributed by atoms with Crippen molar-refractivity contribution >= 4 is 22.6 Å². The Morgan fingerprint density at radius 3 is 2.65 bits per heavy atom. The average Bonchev–Trinajstić information content (AvgIpc) is 3.37. The molecular weight excluding hydrogens is 428 g/mol. The Bertz CT molecular complexity index is 1190. The van der Waals surface area contributed by atoms with Crippen molar-refractivity contribution in [3.63, 3.8) is 0 Å². The predicted octanol–water partition coefficient (Wildman–Crippen LogP) is 4.20. The number of carbonyl (C=O) groups is 1. The Hall–Kier alpha value is -3.42. The first kappa shape index (κ1) is 25.2. The highest BCUT2D eigenvalue weighted by atomic mass is 16.2. The number of nitrogens with one attached hydrogen (secondary N) is 1. The van der Waals surface area contributed by atoms with E-state index in [4.69, 9.17) is 0 Å². The third kappa shape index (κ3) is 5.05. The summed E-state index contributed by atoms with van der Waals surface area (Å²) in [7, 11) is 1.85. The quantitative estimate of drug-likeness (QED) is 0.553. The Kier molecular flexibility index (Phi) is 8.26. The van der Waals surface area contributed by atoms with Gasteiger partial charge in [-0.15, -0.1) is 6.58 Å². The van der Waals surface area contributed by atoms with E-state index < -0.39 is 0 Å². The van der Waals surface area contributed by atoms with Gasteiger partial charge >= 0.3 is 0 Å². The molecule has 0 saturated carbocycles. The third-order valence-corrected chi connectivity index (χ3v) is 6.27. The molecule has 0 bridgehead atoms. The SMILES string of the molecule is C=CCn1cc(C(=O)N(C)C2CCN(c3cc(C(C)C)ncn3)CC2)c2cc[nH]c2c1=O.CC. The monoisotopic (exact) mass is 464 g/mol. The third-order valence-electron chi connectivity index (χ3n) is 6.27. The highest BCUT2D eigenvalue weighted by molar-refractivity contribution is 6.06. The van der Waals surface area contributed by atoms with Gasteiger partial charge in [0.15, 0.2) is 0 Å². The highest BCUT2D eigenvalue weighted by Gasteiger charge is 2.28. The van der Waals surface area contributed by atoms with Gasteiger partial charge in [0.2, 0.25) is 0 Å². The lowest BCUT2D eigenvalue weighted by molar-refractivity contribution is 0.0710. The van der Waals surface area contributed by atoms with E-state index in [0.29, 0.717) is 28.9 Å². The number of fused-ring (bicyclic) bond motifs is 1. The molecule has 1 amide bonds. The molecule has 0 aromatic carbocycles. The summed E-state index contributed by atoms with van der Waals surface area (Å²) in [5.74, 6) is 1.23. The van der Waals surface area contributed by atoms with Crippen LogP contribution in [0.15, 0.2) is 48.3 Å². The molecule has 0 aliphatic carbocycles. The molecule has 0 unspecified atom stereocenters. The lowest BCUT2D eigenvalue weighted by Crippen LogP contribution is -2.46. The number of aromatic nitrogens is 4. The Morgan fingerprint density at radius 1 is 1.29 bits per heavy atom. The van der Waals surface area contributed by atoms with Crippen molar-refractivity contribution in [1.29, 1.82) is 0 Å². The lowest BCUT2D eigenvalue weighted by Gasteiger charge is -2.37. The second-order valence-corrected chi connectivity index (χ2v) is 8.65. The smallest absolute Gasteiger partial charge is 0.275 e. The van der Waals surface area contributed by atoms with Crippen LogP contribution in [0.1, 0.15) is 62.5 Å². The second kappa shape index (κ2) is 11.1. The summed E-state index contributed by atoms with van der Waals surface area (Å²) in [5, 5.41) is 0.659. The summed E-state index contributed by atoms with van der Waals surface area (Å²) >= 11 is 0. The summed E-state index contributed by atoms with van der Waals surface area (Å²) in [5.41, 5.74) is 1.87. The Balaban J connectivity index is 0.00000158. The molecule has 8 heteroatoms. The van der Waals surface area contributed by atoms with E-state index >= 15 is 0 Å². The second-order valence-electron chi connectivity index (χ2n) is 8.65. The first-order chi connectivity index (χ1) is 16.4. The van der Waals surface area contributed by atoms with Crippen LogP contribution in [0.3, 0.4) is 0 Å². The van der Waals surface area contributed by atoms with Crippen LogP contribution in [-0.2, 0) is 6.54 Å². The molecule has 4 rings (SSSR count). The number of rotatable bonds is 6. The van der Waals surface area contributed by atoms with E-state index in [0.717, 1.165) is 37.4 Å². The number of aromatic amines is 1. The van der Waals surface area contributed by atoms with Crippen LogP contribution < -0.4 is 10.5 Å². The topological polar surface area (TPSA) is 87.1 Å². The molecule has 1 N–H and O–H groups in total. The van der Waals surface area contributed by atoms with Crippen molar-refractivity contribution in [3.05, 3.63) is 65.1 Å². The van der Waals surface area contributed by atoms with Gasteiger partial charge in [0.05, 0.1) is 5.56 Å². The molecule has 0 spiro atoms. The fourth-order valence-electron chi connectivity index (χ4n) is 4.33. The number of pyridine rings is 1. The minimum absolute atomic E-state index is 0.0741. The highest BCUT2D eigenvalue weighted by Crippen LogP contribution is 2.24. The fourth-order valence-corrected chi connectivity index (χ4v) is 4.33. The van der Waals surface area contributed by atoms with Gasteiger partial charge in [-0.1, -0.05) is 33.8 Å². The number of amides is 1. The molecule has 1 aliphatic heterocycles. The number of H-pyrrole nitrogens is 1. The summed E-state index contributed by atoms with van der Waals surface area (Å²) < 4.78 is 1.52. The van der Waals surface area contributed by atoms with Crippen molar-refractivity contribution in [2.24, 2.45) is 0 Å². The van der Waals surface area contributed by atoms with Gasteiger partial charge in [-0.2, -0.15) is 0 Å². The Morgan fingerprint density at radius 2 is 2.00 bits per heavy atom. The van der Waals surface area contributed by atoms with Crippen LogP contribution in [0.25, 0.3) is 10.9 Å². The van der Waals surface area contributed by atoms with Gasteiger partial charge in [-0.05, 0) is 24.8 Å². The van der Waals surface area contributed by atoms with Gasteiger partial charge in [0.25, 0.3) is 11.5 Å². The minimum Gasteiger partial charge on any atom is -0.357 e. The van der Waals surface area contributed by atoms with E-state index in [1.165, 1.54) is 4.57 Å². The largest absolute Gasteiger partial charge is 0.357 e. The molecule has 0 atom stereocenters. The zero-order valence-electron chi connectivity index (χ0n) is 20.9. The zero-order chi connectivity index (χ0) is 24.8. The van der Waals surface area contributed by atoms with Crippen LogP contribution in [0.4, 0.5) is 5.82 Å². The molecule has 1 saturated heterocycles. The van der Waals surface area contributed by atoms with E-state index in [1.54, 1.807) is 30.9 Å². The van der Waals surface area contributed by atoms with Crippen LogP contribution in [0.5, 0.6) is 0 Å². The number of nitrogens with zero attached hydrogens (tertiary/aromatic N) is 5. The van der Waals surface area contributed by atoms with Crippen molar-refractivity contribution in [2.45, 2.75) is 59.0 Å². The molecule has 3 aromatic rings. The fraction of sp³-hybridized carbons (Fsp3) is 0.462. The van der Waals surface area contributed by atoms with Gasteiger partial charge in [0.1, 0.15) is 17.7 Å².